The van der Waals surface area contributed by atoms with Crippen molar-refractivity contribution in [3.63, 3.8) is 0 Å². The Morgan fingerprint density at radius 1 is 1.07 bits per heavy atom. The van der Waals surface area contributed by atoms with Crippen LogP contribution in [0.25, 0.3) is 0 Å². The third-order valence-electron chi connectivity index (χ3n) is 3.50. The van der Waals surface area contributed by atoms with Gasteiger partial charge >= 0.3 is 6.18 Å². The Morgan fingerprint density at radius 2 is 1.81 bits per heavy atom. The number of nitrogens with one attached hydrogen (secondary N) is 1. The summed E-state index contributed by atoms with van der Waals surface area (Å²) in [5.74, 6) is 5.94. The van der Waals surface area contributed by atoms with Crippen LogP contribution in [0.1, 0.15) is 11.1 Å². The van der Waals surface area contributed by atoms with E-state index >= 15 is 0 Å². The maximum absolute atomic E-state index is 12.6. The zero-order valence-corrected chi connectivity index (χ0v) is 14.6. The molecule has 0 aliphatic rings. The van der Waals surface area contributed by atoms with Crippen molar-refractivity contribution in [1.82, 2.24) is 5.32 Å². The summed E-state index contributed by atoms with van der Waals surface area (Å²) in [6.45, 7) is 0.0522. The number of carbonyl (C=O) groups excluding carboxylic acids is 1. The summed E-state index contributed by atoms with van der Waals surface area (Å²) in [5, 5.41) is 2.64. The van der Waals surface area contributed by atoms with Crippen LogP contribution in [-0.4, -0.2) is 26.2 Å². The third kappa shape index (κ3) is 6.94. The van der Waals surface area contributed by atoms with Gasteiger partial charge in [-0.05, 0) is 35.9 Å². The number of hydrogen-bond acceptors (Lipinski definition) is 3. The van der Waals surface area contributed by atoms with Gasteiger partial charge in [0.25, 0.3) is 0 Å². The van der Waals surface area contributed by atoms with Gasteiger partial charge in [-0.1, -0.05) is 30.0 Å². The van der Waals surface area contributed by atoms with E-state index in [1.807, 2.05) is 0 Å². The Balaban J connectivity index is 1.72. The number of hydrogen-bond donors (Lipinski definition) is 1. The van der Waals surface area contributed by atoms with Gasteiger partial charge in [0.1, 0.15) is 18.1 Å². The van der Waals surface area contributed by atoms with Crippen molar-refractivity contribution in [3.05, 3.63) is 59.7 Å². The summed E-state index contributed by atoms with van der Waals surface area (Å²) >= 11 is 0. The first-order valence-electron chi connectivity index (χ1n) is 8.04. The van der Waals surface area contributed by atoms with Crippen LogP contribution in [0.5, 0.6) is 11.5 Å². The molecule has 0 unspecified atom stereocenters. The smallest absolute Gasteiger partial charge is 0.416 e. The molecular weight excluding hydrogens is 359 g/mol. The van der Waals surface area contributed by atoms with Gasteiger partial charge in [-0.15, -0.1) is 0 Å². The van der Waals surface area contributed by atoms with Crippen molar-refractivity contribution in [2.24, 2.45) is 0 Å². The largest absolute Gasteiger partial charge is 0.497 e. The fraction of sp³-hybridized carbons (Fsp3) is 0.250. The molecule has 0 aliphatic heterocycles. The first-order valence-corrected chi connectivity index (χ1v) is 8.04. The number of rotatable bonds is 6. The standard InChI is InChI=1S/C20H18F3NO3/c1-26-17-9-7-15(8-10-17)13-19(25)24-11-2-3-12-27-18-6-4-5-16(14-18)20(21,22)23/h4-10,14H,11-13H2,1H3,(H,24,25). The molecule has 2 rings (SSSR count). The molecule has 0 aromatic heterocycles. The van der Waals surface area contributed by atoms with Crippen LogP contribution in [0, 0.1) is 11.8 Å². The fourth-order valence-electron chi connectivity index (χ4n) is 2.13. The fourth-order valence-corrected chi connectivity index (χ4v) is 2.13. The van der Waals surface area contributed by atoms with Crippen LogP contribution in [-0.2, 0) is 17.4 Å². The number of amides is 1. The van der Waals surface area contributed by atoms with Gasteiger partial charge in [0.15, 0.2) is 0 Å². The third-order valence-corrected chi connectivity index (χ3v) is 3.50. The molecular formula is C20H18F3NO3. The second kappa shape index (κ2) is 9.53. The minimum absolute atomic E-state index is 0.0737. The number of benzene rings is 2. The molecule has 0 radical (unpaired) electrons. The predicted octanol–water partition coefficient (Wildman–Crippen LogP) is 3.46. The average molecular weight is 377 g/mol. The molecule has 1 N–H and O–H groups in total. The molecule has 0 aliphatic carbocycles. The van der Waals surface area contributed by atoms with E-state index in [0.29, 0.717) is 5.75 Å². The lowest BCUT2D eigenvalue weighted by Crippen LogP contribution is -2.25. The van der Waals surface area contributed by atoms with E-state index < -0.39 is 11.7 Å². The summed E-state index contributed by atoms with van der Waals surface area (Å²) in [6, 6.07) is 11.7. The lowest BCUT2D eigenvalue weighted by Gasteiger charge is -2.08. The number of alkyl halides is 3. The lowest BCUT2D eigenvalue weighted by atomic mass is 10.1. The van der Waals surface area contributed by atoms with Gasteiger partial charge in [0, 0.05) is 0 Å². The highest BCUT2D eigenvalue weighted by Crippen LogP contribution is 2.31. The van der Waals surface area contributed by atoms with Crippen LogP contribution in [0.2, 0.25) is 0 Å². The number of carbonyl (C=O) groups is 1. The van der Waals surface area contributed by atoms with Gasteiger partial charge in [-0.2, -0.15) is 13.2 Å². The summed E-state index contributed by atoms with van der Waals surface area (Å²) < 4.78 is 48.0. The van der Waals surface area contributed by atoms with Gasteiger partial charge in [-0.3, -0.25) is 4.79 Å². The first kappa shape index (κ1) is 20.2. The molecule has 1 amide bonds. The first-order chi connectivity index (χ1) is 12.9. The number of methoxy groups -OCH3 is 1. The summed E-state index contributed by atoms with van der Waals surface area (Å²) in [6.07, 6.45) is -4.20. The van der Waals surface area contributed by atoms with E-state index in [1.165, 1.54) is 12.1 Å². The van der Waals surface area contributed by atoms with Crippen LogP contribution < -0.4 is 14.8 Å². The van der Waals surface area contributed by atoms with Crippen LogP contribution in [0.4, 0.5) is 13.2 Å². The maximum atomic E-state index is 12.6. The summed E-state index contributed by atoms with van der Waals surface area (Å²) in [7, 11) is 1.57. The SMILES string of the molecule is COc1ccc(CC(=O)NCC#CCOc2cccc(C(F)(F)F)c2)cc1. The molecule has 0 fully saturated rings. The second-order valence-corrected chi connectivity index (χ2v) is 5.47. The van der Waals surface area contributed by atoms with Crippen LogP contribution in [0.3, 0.4) is 0 Å². The number of halogens is 3. The normalized spacial score (nSPS) is 10.5. The van der Waals surface area contributed by atoms with Crippen molar-refractivity contribution in [1.29, 1.82) is 0 Å². The highest BCUT2D eigenvalue weighted by molar-refractivity contribution is 5.78. The van der Waals surface area contributed by atoms with E-state index in [1.54, 1.807) is 31.4 Å². The predicted molar refractivity (Wildman–Crippen MR) is 94.4 cm³/mol. The van der Waals surface area contributed by atoms with Gasteiger partial charge in [-0.25, -0.2) is 0 Å². The van der Waals surface area contributed by atoms with E-state index in [4.69, 9.17) is 9.47 Å². The molecule has 0 spiro atoms. The number of ether oxygens (including phenoxy) is 2. The highest BCUT2D eigenvalue weighted by Gasteiger charge is 2.30. The summed E-state index contributed by atoms with van der Waals surface area (Å²) in [4.78, 5) is 11.8. The molecule has 4 nitrogen and oxygen atoms in total. The Labute approximate surface area is 155 Å². The van der Waals surface area contributed by atoms with E-state index in [-0.39, 0.29) is 31.2 Å². The Morgan fingerprint density at radius 3 is 2.48 bits per heavy atom. The molecule has 27 heavy (non-hydrogen) atoms. The second-order valence-electron chi connectivity index (χ2n) is 5.47. The molecule has 0 atom stereocenters. The minimum atomic E-state index is -4.42. The molecule has 0 saturated carbocycles. The lowest BCUT2D eigenvalue weighted by molar-refractivity contribution is -0.137. The van der Waals surface area contributed by atoms with Crippen molar-refractivity contribution in [3.8, 4) is 23.3 Å². The Bertz CT molecular complexity index is 821. The minimum Gasteiger partial charge on any atom is -0.497 e. The molecule has 7 heteroatoms. The average Bonchev–Trinajstić information content (AvgIpc) is 2.65. The van der Waals surface area contributed by atoms with Crippen molar-refractivity contribution in [2.45, 2.75) is 12.6 Å². The zero-order valence-electron chi connectivity index (χ0n) is 14.6. The Hall–Kier alpha value is -3.14. The zero-order chi connectivity index (χ0) is 19.7. The Kier molecular flexibility index (Phi) is 7.12. The van der Waals surface area contributed by atoms with Gasteiger partial charge in [0.2, 0.25) is 5.91 Å². The maximum Gasteiger partial charge on any atom is 0.416 e. The van der Waals surface area contributed by atoms with Gasteiger partial charge in [0.05, 0.1) is 25.6 Å². The van der Waals surface area contributed by atoms with Gasteiger partial charge < -0.3 is 14.8 Å². The summed E-state index contributed by atoms with van der Waals surface area (Å²) in [5.41, 5.74) is 0.0629. The van der Waals surface area contributed by atoms with Crippen LogP contribution in [0.15, 0.2) is 48.5 Å². The van der Waals surface area contributed by atoms with Crippen molar-refractivity contribution < 1.29 is 27.4 Å². The molecule has 2 aromatic carbocycles. The van der Waals surface area contributed by atoms with E-state index in [0.717, 1.165) is 17.7 Å². The highest BCUT2D eigenvalue weighted by atomic mass is 19.4. The topological polar surface area (TPSA) is 47.6 Å². The van der Waals surface area contributed by atoms with E-state index in [2.05, 4.69) is 17.2 Å². The quantitative estimate of drug-likeness (QED) is 0.785. The molecule has 142 valence electrons. The van der Waals surface area contributed by atoms with E-state index in [9.17, 15) is 18.0 Å². The molecule has 0 heterocycles. The molecule has 0 saturated heterocycles. The van der Waals surface area contributed by atoms with Crippen molar-refractivity contribution in [2.75, 3.05) is 20.3 Å². The monoisotopic (exact) mass is 377 g/mol. The van der Waals surface area contributed by atoms with Crippen molar-refractivity contribution >= 4 is 5.91 Å². The molecule has 2 aromatic rings. The molecule has 0 bridgehead atoms. The van der Waals surface area contributed by atoms with Crippen LogP contribution >= 0.6 is 0 Å².